The highest BCUT2D eigenvalue weighted by Crippen LogP contribution is 2.39. The van der Waals surface area contributed by atoms with Crippen LogP contribution in [0.3, 0.4) is 0 Å². The van der Waals surface area contributed by atoms with Crippen molar-refractivity contribution in [3.63, 3.8) is 0 Å². The van der Waals surface area contributed by atoms with Gasteiger partial charge in [0.05, 0.1) is 6.04 Å². The van der Waals surface area contributed by atoms with Crippen LogP contribution in [0.25, 0.3) is 10.8 Å². The Labute approximate surface area is 158 Å². The van der Waals surface area contributed by atoms with Crippen molar-refractivity contribution in [1.29, 1.82) is 0 Å². The van der Waals surface area contributed by atoms with Crippen molar-refractivity contribution in [3.8, 4) is 11.5 Å². The van der Waals surface area contributed by atoms with Gasteiger partial charge in [-0.1, -0.05) is 26.0 Å². The fraction of sp³-hybridized carbons (Fsp3) is 0.444. The molecule has 0 bridgehead atoms. The summed E-state index contributed by atoms with van der Waals surface area (Å²) in [6.07, 6.45) is 0. The van der Waals surface area contributed by atoms with Crippen molar-refractivity contribution < 1.29 is 32.1 Å². The number of hydrogen-bond acceptors (Lipinski definition) is 6. The Bertz CT molecular complexity index is 831. The highest BCUT2D eigenvalue weighted by Gasteiger charge is 2.43. The van der Waals surface area contributed by atoms with Gasteiger partial charge in [-0.25, -0.2) is 10.9 Å². The number of aliphatic hydroxyl groups is 1. The van der Waals surface area contributed by atoms with E-state index in [0.717, 1.165) is 0 Å². The van der Waals surface area contributed by atoms with E-state index in [1.165, 1.54) is 12.1 Å². The molecule has 6 nitrogen and oxygen atoms in total. The van der Waals surface area contributed by atoms with Gasteiger partial charge in [-0.2, -0.15) is 23.1 Å². The maximum absolute atomic E-state index is 12.7. The maximum Gasteiger partial charge on any atom is 0.387 e. The Morgan fingerprint density at radius 3 is 2.11 bits per heavy atom. The lowest BCUT2D eigenvalue weighted by Crippen LogP contribution is -2.52. The summed E-state index contributed by atoms with van der Waals surface area (Å²) >= 11 is 0. The van der Waals surface area contributed by atoms with Gasteiger partial charge in [0.15, 0.2) is 11.5 Å². The topological polar surface area (TPSA) is 74.8 Å². The largest absolute Gasteiger partial charge is 0.431 e. The second-order valence-corrected chi connectivity index (χ2v) is 6.80. The molecule has 10 heteroatoms. The van der Waals surface area contributed by atoms with Crippen LogP contribution in [0.5, 0.6) is 11.5 Å². The van der Waals surface area contributed by atoms with E-state index in [1.54, 1.807) is 18.2 Å². The number of ether oxygens (including phenoxy) is 2. The van der Waals surface area contributed by atoms with Gasteiger partial charge in [0, 0.05) is 6.54 Å². The second kappa shape index (κ2) is 8.08. The molecule has 0 aromatic heterocycles. The number of alkyl halides is 4. The molecule has 28 heavy (non-hydrogen) atoms. The average molecular weight is 403 g/mol. The first kappa shape index (κ1) is 20.6. The molecule has 0 saturated carbocycles. The minimum absolute atomic E-state index is 0.192. The number of rotatable bonds is 7. The molecule has 2 atom stereocenters. The van der Waals surface area contributed by atoms with E-state index < -0.39 is 30.3 Å². The van der Waals surface area contributed by atoms with Crippen LogP contribution in [0.15, 0.2) is 30.3 Å². The van der Waals surface area contributed by atoms with Gasteiger partial charge in [-0.05, 0) is 40.5 Å². The van der Waals surface area contributed by atoms with E-state index in [-0.39, 0.29) is 12.0 Å². The molecule has 154 valence electrons. The SMILES string of the molecule is CC(C)[C@](O)(c1ccc2cc(OC(F)F)c(OC(F)F)cc2c1)C1CNNN1. The number of hydrazine groups is 2. The first-order valence-electron chi connectivity index (χ1n) is 8.65. The van der Waals surface area contributed by atoms with Crippen LogP contribution in [0.2, 0.25) is 0 Å². The first-order chi connectivity index (χ1) is 13.2. The molecule has 1 aliphatic heterocycles. The quantitative estimate of drug-likeness (QED) is 0.533. The van der Waals surface area contributed by atoms with E-state index in [2.05, 4.69) is 25.9 Å². The zero-order chi connectivity index (χ0) is 20.5. The standard InChI is InChI=1S/C18H21F4N3O3/c1-9(2)18(26,15-8-23-25-24-15)12-4-3-10-6-13(27-16(19)20)14(28-17(21)22)7-11(10)5-12/h3-7,9,15-17,23-26H,8H2,1-2H3/t15?,18-/m0/s1. The molecule has 1 saturated heterocycles. The molecule has 1 unspecified atom stereocenters. The Hall–Kier alpha value is -2.14. The van der Waals surface area contributed by atoms with E-state index in [9.17, 15) is 22.7 Å². The Morgan fingerprint density at radius 1 is 1.00 bits per heavy atom. The number of nitrogens with one attached hydrogen (secondary N) is 3. The molecule has 4 N–H and O–H groups in total. The molecule has 0 amide bonds. The molecule has 1 aliphatic rings. The van der Waals surface area contributed by atoms with Gasteiger partial charge in [-0.15, -0.1) is 0 Å². The molecule has 0 aliphatic carbocycles. The minimum Gasteiger partial charge on any atom is -0.431 e. The van der Waals surface area contributed by atoms with E-state index in [4.69, 9.17) is 0 Å². The maximum atomic E-state index is 12.7. The van der Waals surface area contributed by atoms with Crippen LogP contribution in [0.1, 0.15) is 19.4 Å². The van der Waals surface area contributed by atoms with Crippen molar-refractivity contribution in [1.82, 2.24) is 16.4 Å². The normalized spacial score (nSPS) is 19.6. The summed E-state index contributed by atoms with van der Waals surface area (Å²) in [4.78, 5) is 0. The predicted octanol–water partition coefficient (Wildman–Crippen LogP) is 2.87. The molecule has 2 aromatic rings. The van der Waals surface area contributed by atoms with E-state index in [0.29, 0.717) is 22.9 Å². The lowest BCUT2D eigenvalue weighted by molar-refractivity contribution is -0.0690. The van der Waals surface area contributed by atoms with Crippen molar-refractivity contribution >= 4 is 10.8 Å². The summed E-state index contributed by atoms with van der Waals surface area (Å²) in [6, 6.07) is 6.94. The first-order valence-corrected chi connectivity index (χ1v) is 8.65. The summed E-state index contributed by atoms with van der Waals surface area (Å²) in [7, 11) is 0. The molecular formula is C18H21F4N3O3. The third-order valence-corrected chi connectivity index (χ3v) is 4.85. The van der Waals surface area contributed by atoms with Gasteiger partial charge in [-0.3, -0.25) is 0 Å². The third kappa shape index (κ3) is 4.00. The van der Waals surface area contributed by atoms with Crippen molar-refractivity contribution in [2.75, 3.05) is 6.54 Å². The summed E-state index contributed by atoms with van der Waals surface area (Å²) in [5, 5.41) is 12.3. The van der Waals surface area contributed by atoms with Gasteiger partial charge >= 0.3 is 13.2 Å². The lowest BCUT2D eigenvalue weighted by Gasteiger charge is -2.37. The minimum atomic E-state index is -3.20. The molecule has 1 fully saturated rings. The highest BCUT2D eigenvalue weighted by molar-refractivity contribution is 5.87. The predicted molar refractivity (Wildman–Crippen MR) is 94.0 cm³/mol. The Morgan fingerprint density at radius 2 is 1.61 bits per heavy atom. The van der Waals surface area contributed by atoms with Gasteiger partial charge in [0.1, 0.15) is 5.60 Å². The number of halogens is 4. The molecule has 1 heterocycles. The fourth-order valence-corrected chi connectivity index (χ4v) is 3.43. The third-order valence-electron chi connectivity index (χ3n) is 4.85. The van der Waals surface area contributed by atoms with Gasteiger partial charge in [0.2, 0.25) is 0 Å². The molecule has 3 rings (SSSR count). The molecule has 0 radical (unpaired) electrons. The zero-order valence-corrected chi connectivity index (χ0v) is 15.2. The average Bonchev–Trinajstić information content (AvgIpc) is 3.15. The van der Waals surface area contributed by atoms with Crippen molar-refractivity contribution in [2.45, 2.75) is 38.7 Å². The fourth-order valence-electron chi connectivity index (χ4n) is 3.43. The molecule has 2 aromatic carbocycles. The zero-order valence-electron chi connectivity index (χ0n) is 15.2. The number of fused-ring (bicyclic) bond motifs is 1. The summed E-state index contributed by atoms with van der Waals surface area (Å²) < 4.78 is 59.2. The number of benzene rings is 2. The number of hydrogen-bond donors (Lipinski definition) is 4. The van der Waals surface area contributed by atoms with Crippen LogP contribution >= 0.6 is 0 Å². The highest BCUT2D eigenvalue weighted by atomic mass is 19.3. The van der Waals surface area contributed by atoms with E-state index in [1.807, 2.05) is 13.8 Å². The summed E-state index contributed by atoms with van der Waals surface area (Å²) in [5.74, 6) is -1.18. The van der Waals surface area contributed by atoms with Gasteiger partial charge in [0.25, 0.3) is 0 Å². The van der Waals surface area contributed by atoms with Crippen LogP contribution in [-0.4, -0.2) is 30.9 Å². The van der Waals surface area contributed by atoms with Crippen molar-refractivity contribution in [3.05, 3.63) is 35.9 Å². The smallest absolute Gasteiger partial charge is 0.387 e. The Kier molecular flexibility index (Phi) is 5.94. The van der Waals surface area contributed by atoms with Crippen LogP contribution < -0.4 is 25.9 Å². The van der Waals surface area contributed by atoms with Crippen LogP contribution in [0, 0.1) is 5.92 Å². The molecular weight excluding hydrogens is 382 g/mol. The van der Waals surface area contributed by atoms with Crippen molar-refractivity contribution in [2.24, 2.45) is 5.92 Å². The lowest BCUT2D eigenvalue weighted by atomic mass is 9.77. The monoisotopic (exact) mass is 403 g/mol. The summed E-state index contributed by atoms with van der Waals surface area (Å²) in [5.41, 5.74) is 7.84. The second-order valence-electron chi connectivity index (χ2n) is 6.80. The van der Waals surface area contributed by atoms with E-state index >= 15 is 0 Å². The Balaban J connectivity index is 2.08. The molecule has 0 spiro atoms. The van der Waals surface area contributed by atoms with Crippen LogP contribution in [0.4, 0.5) is 17.6 Å². The van der Waals surface area contributed by atoms with Crippen LogP contribution in [-0.2, 0) is 5.60 Å². The van der Waals surface area contributed by atoms with Gasteiger partial charge < -0.3 is 14.6 Å². The summed E-state index contributed by atoms with van der Waals surface area (Å²) in [6.45, 7) is -2.22.